The fourth-order valence-electron chi connectivity index (χ4n) is 3.91. The molecular formula is C18H36Si. The summed E-state index contributed by atoms with van der Waals surface area (Å²) in [6.07, 6.45) is 12.0. The lowest BCUT2D eigenvalue weighted by Crippen LogP contribution is -2.27. The van der Waals surface area contributed by atoms with Crippen molar-refractivity contribution in [2.75, 3.05) is 0 Å². The number of unbranched alkanes of at least 4 members (excludes halogenated alkanes) is 4. The topological polar surface area (TPSA) is 0 Å². The first-order valence-electron chi connectivity index (χ1n) is 8.55. The number of rotatable bonds is 9. The van der Waals surface area contributed by atoms with Crippen LogP contribution in [0.4, 0.5) is 0 Å². The van der Waals surface area contributed by atoms with Crippen LogP contribution in [0.25, 0.3) is 0 Å². The van der Waals surface area contributed by atoms with E-state index in [0.717, 1.165) is 17.8 Å². The molecule has 2 atom stereocenters. The SMILES string of the molecule is C=CCCCCCC[Si](C)(C)CC1CC(C)C(C)C1. The molecule has 0 aromatic carbocycles. The zero-order valence-corrected chi connectivity index (χ0v) is 14.9. The third kappa shape index (κ3) is 6.79. The fourth-order valence-corrected chi connectivity index (χ4v) is 7.22. The van der Waals surface area contributed by atoms with Crippen molar-refractivity contribution in [3.8, 4) is 0 Å². The van der Waals surface area contributed by atoms with Gasteiger partial charge in [-0.05, 0) is 43.4 Å². The van der Waals surface area contributed by atoms with Gasteiger partial charge in [0.25, 0.3) is 0 Å². The Morgan fingerprint density at radius 3 is 2.16 bits per heavy atom. The van der Waals surface area contributed by atoms with Gasteiger partial charge < -0.3 is 0 Å². The van der Waals surface area contributed by atoms with Crippen LogP contribution in [0.5, 0.6) is 0 Å². The molecule has 1 aliphatic carbocycles. The minimum atomic E-state index is -0.916. The van der Waals surface area contributed by atoms with Crippen LogP contribution in [0.15, 0.2) is 12.7 Å². The number of hydrogen-bond donors (Lipinski definition) is 0. The molecule has 0 bridgehead atoms. The zero-order valence-electron chi connectivity index (χ0n) is 13.9. The van der Waals surface area contributed by atoms with Gasteiger partial charge in [0.1, 0.15) is 0 Å². The van der Waals surface area contributed by atoms with Gasteiger partial charge in [-0.15, -0.1) is 6.58 Å². The molecular weight excluding hydrogens is 244 g/mol. The second-order valence-electron chi connectivity index (χ2n) is 7.90. The van der Waals surface area contributed by atoms with Crippen LogP contribution in [0.2, 0.25) is 25.2 Å². The van der Waals surface area contributed by atoms with Gasteiger partial charge in [-0.3, -0.25) is 0 Å². The molecule has 1 rings (SSSR count). The molecule has 112 valence electrons. The van der Waals surface area contributed by atoms with E-state index in [1.165, 1.54) is 44.9 Å². The molecule has 0 heterocycles. The van der Waals surface area contributed by atoms with E-state index >= 15 is 0 Å². The monoisotopic (exact) mass is 280 g/mol. The minimum Gasteiger partial charge on any atom is -0.103 e. The summed E-state index contributed by atoms with van der Waals surface area (Å²) < 4.78 is 0. The molecule has 1 aliphatic rings. The van der Waals surface area contributed by atoms with E-state index in [4.69, 9.17) is 0 Å². The van der Waals surface area contributed by atoms with Gasteiger partial charge in [-0.1, -0.05) is 64.4 Å². The molecule has 1 fully saturated rings. The normalized spacial score (nSPS) is 27.7. The van der Waals surface area contributed by atoms with Crippen molar-refractivity contribution in [2.45, 2.75) is 84.0 Å². The first kappa shape index (κ1) is 17.0. The maximum atomic E-state index is 3.79. The van der Waals surface area contributed by atoms with Crippen molar-refractivity contribution in [1.82, 2.24) is 0 Å². The molecule has 0 aliphatic heterocycles. The Kier molecular flexibility index (Phi) is 7.42. The maximum absolute atomic E-state index is 3.79. The molecule has 0 radical (unpaired) electrons. The van der Waals surface area contributed by atoms with Gasteiger partial charge in [0.2, 0.25) is 0 Å². The highest BCUT2D eigenvalue weighted by Gasteiger charge is 2.32. The quantitative estimate of drug-likeness (QED) is 0.256. The van der Waals surface area contributed by atoms with Crippen molar-refractivity contribution in [2.24, 2.45) is 17.8 Å². The smallest absolute Gasteiger partial charge is 0.0476 e. The van der Waals surface area contributed by atoms with Crippen LogP contribution >= 0.6 is 0 Å². The molecule has 0 amide bonds. The Morgan fingerprint density at radius 1 is 1.00 bits per heavy atom. The molecule has 0 spiro atoms. The van der Waals surface area contributed by atoms with Crippen molar-refractivity contribution < 1.29 is 0 Å². The van der Waals surface area contributed by atoms with Crippen LogP contribution in [0.1, 0.15) is 58.8 Å². The van der Waals surface area contributed by atoms with E-state index in [0.29, 0.717) is 0 Å². The molecule has 1 saturated carbocycles. The Labute approximate surface area is 123 Å². The average molecular weight is 281 g/mol. The fraction of sp³-hybridized carbons (Fsp3) is 0.889. The summed E-state index contributed by atoms with van der Waals surface area (Å²) in [6, 6.07) is 3.15. The highest BCUT2D eigenvalue weighted by atomic mass is 28.3. The molecule has 0 aromatic heterocycles. The van der Waals surface area contributed by atoms with Gasteiger partial charge in [-0.25, -0.2) is 0 Å². The highest BCUT2D eigenvalue weighted by molar-refractivity contribution is 6.77. The first-order chi connectivity index (χ1) is 8.94. The lowest BCUT2D eigenvalue weighted by atomic mass is 10.0. The summed E-state index contributed by atoms with van der Waals surface area (Å²) in [5.41, 5.74) is 0. The second kappa shape index (κ2) is 8.29. The Balaban J connectivity index is 2.15. The predicted molar refractivity (Wildman–Crippen MR) is 91.4 cm³/mol. The third-order valence-electron chi connectivity index (χ3n) is 5.23. The van der Waals surface area contributed by atoms with Gasteiger partial charge in [0, 0.05) is 8.07 Å². The van der Waals surface area contributed by atoms with Crippen LogP contribution in [0, 0.1) is 17.8 Å². The largest absolute Gasteiger partial charge is 0.103 e. The summed E-state index contributed by atoms with van der Waals surface area (Å²) >= 11 is 0. The van der Waals surface area contributed by atoms with Crippen molar-refractivity contribution in [1.29, 1.82) is 0 Å². The van der Waals surface area contributed by atoms with Crippen LogP contribution < -0.4 is 0 Å². The van der Waals surface area contributed by atoms with Gasteiger partial charge in [-0.2, -0.15) is 0 Å². The Bertz CT molecular complexity index is 246. The number of allylic oxidation sites excluding steroid dienone is 1. The first-order valence-corrected chi connectivity index (χ1v) is 12.0. The standard InChI is InChI=1S/C18H36Si/c1-6-7-8-9-10-11-12-19(4,5)15-18-13-16(2)17(3)14-18/h6,16-18H,1,7-15H2,2-5H3. The lowest BCUT2D eigenvalue weighted by molar-refractivity contribution is 0.457. The van der Waals surface area contributed by atoms with E-state index < -0.39 is 8.07 Å². The van der Waals surface area contributed by atoms with Crippen molar-refractivity contribution in [3.63, 3.8) is 0 Å². The molecule has 2 unspecified atom stereocenters. The molecule has 0 aromatic rings. The molecule has 19 heavy (non-hydrogen) atoms. The molecule has 1 heteroatoms. The van der Waals surface area contributed by atoms with Crippen molar-refractivity contribution >= 4 is 8.07 Å². The number of hydrogen-bond acceptors (Lipinski definition) is 0. The summed E-state index contributed by atoms with van der Waals surface area (Å²) in [6.45, 7) is 14.0. The molecule has 0 nitrogen and oxygen atoms in total. The van der Waals surface area contributed by atoms with E-state index in [1.807, 2.05) is 0 Å². The Morgan fingerprint density at radius 2 is 1.58 bits per heavy atom. The van der Waals surface area contributed by atoms with Crippen molar-refractivity contribution in [3.05, 3.63) is 12.7 Å². The van der Waals surface area contributed by atoms with Crippen LogP contribution in [-0.2, 0) is 0 Å². The maximum Gasteiger partial charge on any atom is 0.0476 e. The predicted octanol–water partition coefficient (Wildman–Crippen LogP) is 6.51. The average Bonchev–Trinajstić information content (AvgIpc) is 2.62. The van der Waals surface area contributed by atoms with Crippen LogP contribution in [-0.4, -0.2) is 8.07 Å². The molecule has 0 N–H and O–H groups in total. The summed E-state index contributed by atoms with van der Waals surface area (Å²) in [5, 5.41) is 0. The van der Waals surface area contributed by atoms with E-state index in [9.17, 15) is 0 Å². The second-order valence-corrected chi connectivity index (χ2v) is 13.1. The summed E-state index contributed by atoms with van der Waals surface area (Å²) in [5.74, 6) is 3.02. The zero-order chi connectivity index (χ0) is 14.3. The molecule has 0 saturated heterocycles. The van der Waals surface area contributed by atoms with Gasteiger partial charge in [0.05, 0.1) is 0 Å². The lowest BCUT2D eigenvalue weighted by Gasteiger charge is -2.26. The summed E-state index contributed by atoms with van der Waals surface area (Å²) in [7, 11) is -0.916. The summed E-state index contributed by atoms with van der Waals surface area (Å²) in [4.78, 5) is 0. The van der Waals surface area contributed by atoms with Crippen LogP contribution in [0.3, 0.4) is 0 Å². The van der Waals surface area contributed by atoms with E-state index in [1.54, 1.807) is 12.1 Å². The van der Waals surface area contributed by atoms with Gasteiger partial charge in [0.15, 0.2) is 0 Å². The van der Waals surface area contributed by atoms with E-state index in [2.05, 4.69) is 39.6 Å². The highest BCUT2D eigenvalue weighted by Crippen LogP contribution is 2.40. The third-order valence-corrected chi connectivity index (χ3v) is 8.62. The Hall–Kier alpha value is -0.0431. The van der Waals surface area contributed by atoms with Gasteiger partial charge >= 0.3 is 0 Å². The minimum absolute atomic E-state index is 0.916. The van der Waals surface area contributed by atoms with E-state index in [-0.39, 0.29) is 0 Å².